The fourth-order valence-corrected chi connectivity index (χ4v) is 2.93. The Morgan fingerprint density at radius 3 is 2.50 bits per heavy atom. The summed E-state index contributed by atoms with van der Waals surface area (Å²) >= 11 is 0. The van der Waals surface area contributed by atoms with Crippen molar-refractivity contribution in [2.24, 2.45) is 5.73 Å². The van der Waals surface area contributed by atoms with Crippen molar-refractivity contribution in [3.05, 3.63) is 71.3 Å². The molecule has 2 aromatic carbocycles. The van der Waals surface area contributed by atoms with Gasteiger partial charge in [-0.15, -0.1) is 0 Å². The van der Waals surface area contributed by atoms with E-state index in [1.807, 2.05) is 49.4 Å². The molecule has 0 heterocycles. The molecule has 1 aliphatic carbocycles. The van der Waals surface area contributed by atoms with Gasteiger partial charge in [0.05, 0.1) is 5.54 Å². The standard InChI is InChI=1S/C18H19NO/c1-18(19,15-8-3-2-4-9-15)17(20)12-14-11-13-7-5-6-10-16(13)14/h2-10,14H,11-12,19H2,1H3. The van der Waals surface area contributed by atoms with Gasteiger partial charge in [0, 0.05) is 6.42 Å². The predicted octanol–water partition coefficient (Wildman–Crippen LogP) is 3.16. The summed E-state index contributed by atoms with van der Waals surface area (Å²) in [5.41, 5.74) is 8.94. The van der Waals surface area contributed by atoms with E-state index < -0.39 is 5.54 Å². The van der Waals surface area contributed by atoms with Crippen molar-refractivity contribution in [1.82, 2.24) is 0 Å². The fourth-order valence-electron chi connectivity index (χ4n) is 2.93. The second kappa shape index (κ2) is 4.88. The molecular formula is C18H19NO. The molecule has 2 nitrogen and oxygen atoms in total. The number of rotatable bonds is 4. The number of benzene rings is 2. The van der Waals surface area contributed by atoms with Gasteiger partial charge in [-0.3, -0.25) is 4.79 Å². The van der Waals surface area contributed by atoms with Crippen LogP contribution in [0.1, 0.15) is 36.0 Å². The maximum atomic E-state index is 12.6. The lowest BCUT2D eigenvalue weighted by atomic mass is 9.72. The van der Waals surface area contributed by atoms with Crippen LogP contribution in [0.4, 0.5) is 0 Å². The minimum atomic E-state index is -0.897. The average Bonchev–Trinajstić information content (AvgIpc) is 2.45. The highest BCUT2D eigenvalue weighted by Crippen LogP contribution is 2.38. The van der Waals surface area contributed by atoms with E-state index in [4.69, 9.17) is 5.73 Å². The topological polar surface area (TPSA) is 43.1 Å². The minimum absolute atomic E-state index is 0.114. The number of carbonyl (C=O) groups excluding carboxylic acids is 1. The molecular weight excluding hydrogens is 246 g/mol. The van der Waals surface area contributed by atoms with Gasteiger partial charge in [0.15, 0.2) is 5.78 Å². The quantitative estimate of drug-likeness (QED) is 0.922. The second-order valence-corrected chi connectivity index (χ2v) is 5.80. The highest BCUT2D eigenvalue weighted by Gasteiger charge is 2.35. The van der Waals surface area contributed by atoms with Crippen LogP contribution in [0.3, 0.4) is 0 Å². The zero-order valence-corrected chi connectivity index (χ0v) is 11.7. The summed E-state index contributed by atoms with van der Waals surface area (Å²) in [5, 5.41) is 0. The number of nitrogens with two attached hydrogens (primary N) is 1. The molecule has 0 aromatic heterocycles. The van der Waals surface area contributed by atoms with E-state index in [9.17, 15) is 4.79 Å². The summed E-state index contributed by atoms with van der Waals surface area (Å²) in [7, 11) is 0. The first-order valence-electron chi connectivity index (χ1n) is 7.04. The summed E-state index contributed by atoms with van der Waals surface area (Å²) in [6, 6.07) is 18.0. The molecule has 0 spiro atoms. The van der Waals surface area contributed by atoms with Crippen LogP contribution in [-0.4, -0.2) is 5.78 Å². The van der Waals surface area contributed by atoms with Gasteiger partial charge in [-0.05, 0) is 36.0 Å². The van der Waals surface area contributed by atoms with Crippen LogP contribution in [-0.2, 0) is 16.8 Å². The van der Waals surface area contributed by atoms with Crippen molar-refractivity contribution >= 4 is 5.78 Å². The highest BCUT2D eigenvalue weighted by molar-refractivity contribution is 5.90. The number of hydrogen-bond donors (Lipinski definition) is 1. The van der Waals surface area contributed by atoms with Gasteiger partial charge in [-0.1, -0.05) is 54.6 Å². The Kier molecular flexibility index (Phi) is 3.19. The van der Waals surface area contributed by atoms with Gasteiger partial charge in [0.1, 0.15) is 0 Å². The molecule has 102 valence electrons. The molecule has 0 aliphatic heterocycles. The van der Waals surface area contributed by atoms with Crippen LogP contribution in [0.2, 0.25) is 0 Å². The normalized spacial score (nSPS) is 19.6. The maximum Gasteiger partial charge on any atom is 0.157 e. The van der Waals surface area contributed by atoms with Crippen molar-refractivity contribution in [2.75, 3.05) is 0 Å². The van der Waals surface area contributed by atoms with E-state index in [0.29, 0.717) is 12.3 Å². The molecule has 0 amide bonds. The smallest absolute Gasteiger partial charge is 0.157 e. The first-order chi connectivity index (χ1) is 9.59. The number of Topliss-reactive ketones (excluding diaryl/α,β-unsaturated/α-hetero) is 1. The fraction of sp³-hybridized carbons (Fsp3) is 0.278. The lowest BCUT2D eigenvalue weighted by molar-refractivity contribution is -0.124. The molecule has 0 radical (unpaired) electrons. The third-order valence-corrected chi connectivity index (χ3v) is 4.35. The van der Waals surface area contributed by atoms with Crippen LogP contribution < -0.4 is 5.73 Å². The maximum absolute atomic E-state index is 12.6. The predicted molar refractivity (Wildman–Crippen MR) is 80.5 cm³/mol. The van der Waals surface area contributed by atoms with Gasteiger partial charge in [0.25, 0.3) is 0 Å². The van der Waals surface area contributed by atoms with Gasteiger partial charge >= 0.3 is 0 Å². The number of hydrogen-bond acceptors (Lipinski definition) is 2. The number of ketones is 1. The van der Waals surface area contributed by atoms with Crippen molar-refractivity contribution in [1.29, 1.82) is 0 Å². The molecule has 2 unspecified atom stereocenters. The van der Waals surface area contributed by atoms with E-state index in [2.05, 4.69) is 12.1 Å². The van der Waals surface area contributed by atoms with Crippen molar-refractivity contribution in [2.45, 2.75) is 31.2 Å². The van der Waals surface area contributed by atoms with Crippen LogP contribution >= 0.6 is 0 Å². The first kappa shape index (κ1) is 13.1. The SMILES string of the molecule is CC(N)(C(=O)CC1Cc2ccccc21)c1ccccc1. The Labute approximate surface area is 119 Å². The summed E-state index contributed by atoms with van der Waals surface area (Å²) in [4.78, 5) is 12.6. The average molecular weight is 265 g/mol. The van der Waals surface area contributed by atoms with Crippen LogP contribution in [0.15, 0.2) is 54.6 Å². The number of fused-ring (bicyclic) bond motifs is 1. The van der Waals surface area contributed by atoms with Crippen LogP contribution in [0.25, 0.3) is 0 Å². The van der Waals surface area contributed by atoms with E-state index in [1.54, 1.807) is 0 Å². The Morgan fingerprint density at radius 2 is 1.80 bits per heavy atom. The molecule has 1 aliphatic rings. The minimum Gasteiger partial charge on any atom is -0.315 e. The lowest BCUT2D eigenvalue weighted by Crippen LogP contribution is -2.43. The summed E-state index contributed by atoms with van der Waals surface area (Å²) in [5.74, 6) is 0.452. The molecule has 20 heavy (non-hydrogen) atoms. The zero-order chi connectivity index (χ0) is 14.2. The Morgan fingerprint density at radius 1 is 1.15 bits per heavy atom. The van der Waals surface area contributed by atoms with Gasteiger partial charge in [0.2, 0.25) is 0 Å². The molecule has 0 fully saturated rings. The summed E-state index contributed by atoms with van der Waals surface area (Å²) < 4.78 is 0. The molecule has 2 atom stereocenters. The Bertz CT molecular complexity index is 631. The molecule has 2 N–H and O–H groups in total. The molecule has 0 bridgehead atoms. The van der Waals surface area contributed by atoms with Crippen molar-refractivity contribution in [3.63, 3.8) is 0 Å². The highest BCUT2D eigenvalue weighted by atomic mass is 16.1. The van der Waals surface area contributed by atoms with Gasteiger partial charge < -0.3 is 5.73 Å². The molecule has 2 aromatic rings. The lowest BCUT2D eigenvalue weighted by Gasteiger charge is -2.32. The van der Waals surface area contributed by atoms with Gasteiger partial charge in [-0.25, -0.2) is 0 Å². The Hall–Kier alpha value is -1.93. The second-order valence-electron chi connectivity index (χ2n) is 5.80. The van der Waals surface area contributed by atoms with Gasteiger partial charge in [-0.2, -0.15) is 0 Å². The molecule has 0 saturated heterocycles. The first-order valence-corrected chi connectivity index (χ1v) is 7.04. The molecule has 3 rings (SSSR count). The zero-order valence-electron chi connectivity index (χ0n) is 11.7. The monoisotopic (exact) mass is 265 g/mol. The molecule has 2 heteroatoms. The van der Waals surface area contributed by atoms with E-state index >= 15 is 0 Å². The molecule has 0 saturated carbocycles. The van der Waals surface area contributed by atoms with E-state index in [0.717, 1.165) is 12.0 Å². The largest absolute Gasteiger partial charge is 0.315 e. The third-order valence-electron chi connectivity index (χ3n) is 4.35. The van der Waals surface area contributed by atoms with Crippen LogP contribution in [0.5, 0.6) is 0 Å². The van der Waals surface area contributed by atoms with E-state index in [1.165, 1.54) is 11.1 Å². The summed E-state index contributed by atoms with van der Waals surface area (Å²) in [6.45, 7) is 1.81. The third kappa shape index (κ3) is 2.16. The Balaban J connectivity index is 1.75. The van der Waals surface area contributed by atoms with Crippen LogP contribution in [0, 0.1) is 0 Å². The van der Waals surface area contributed by atoms with Crippen molar-refractivity contribution in [3.8, 4) is 0 Å². The number of carbonyl (C=O) groups is 1. The summed E-state index contributed by atoms with van der Waals surface area (Å²) in [6.07, 6.45) is 1.52. The van der Waals surface area contributed by atoms with Crippen molar-refractivity contribution < 1.29 is 4.79 Å². The van der Waals surface area contributed by atoms with E-state index in [-0.39, 0.29) is 5.78 Å².